The average Bonchev–Trinajstić information content (AvgIpc) is 4.01. The van der Waals surface area contributed by atoms with Gasteiger partial charge in [0.15, 0.2) is 0 Å². The lowest BCUT2D eigenvalue weighted by molar-refractivity contribution is -0.131. The molecule has 2 aromatic carbocycles. The summed E-state index contributed by atoms with van der Waals surface area (Å²) in [6, 6.07) is 15.6. The van der Waals surface area contributed by atoms with Gasteiger partial charge in [0.25, 0.3) is 0 Å². The summed E-state index contributed by atoms with van der Waals surface area (Å²) < 4.78 is 0. The van der Waals surface area contributed by atoms with Gasteiger partial charge in [0.2, 0.25) is 0 Å². The Morgan fingerprint density at radius 3 is 1.75 bits per heavy atom. The molecule has 5 nitrogen and oxygen atoms in total. The fourth-order valence-electron chi connectivity index (χ4n) is 9.29. The van der Waals surface area contributed by atoms with E-state index in [-0.39, 0.29) is 38.1 Å². The summed E-state index contributed by atoms with van der Waals surface area (Å²) >= 11 is 0. The molecule has 2 atom stereocenters. The highest BCUT2D eigenvalue weighted by Gasteiger charge is 2.51. The van der Waals surface area contributed by atoms with Crippen LogP contribution in [0.1, 0.15) is 169 Å². The van der Waals surface area contributed by atoms with Crippen LogP contribution in [-0.2, 0) is 37.3 Å². The maximum Gasteiger partial charge on any atom is 0.337 e. The van der Waals surface area contributed by atoms with E-state index in [1.165, 1.54) is 76.9 Å². The van der Waals surface area contributed by atoms with Crippen LogP contribution in [0.5, 0.6) is 0 Å². The molecule has 4 aliphatic carbocycles. The Hall–Kier alpha value is -3.99. The van der Waals surface area contributed by atoms with Crippen LogP contribution in [0.3, 0.4) is 0 Å². The Balaban J connectivity index is 0.000000182. The Morgan fingerprint density at radius 2 is 1.25 bits per heavy atom. The van der Waals surface area contributed by atoms with Gasteiger partial charge in [0.1, 0.15) is 0 Å². The van der Waals surface area contributed by atoms with Crippen LogP contribution in [0.25, 0.3) is 0 Å². The van der Waals surface area contributed by atoms with Gasteiger partial charge in [-0.3, -0.25) is 4.98 Å². The molecule has 0 spiro atoms. The zero-order chi connectivity index (χ0) is 38.9. The van der Waals surface area contributed by atoms with Gasteiger partial charge in [-0.2, -0.15) is 0 Å². The van der Waals surface area contributed by atoms with Crippen molar-refractivity contribution in [3.05, 3.63) is 123 Å². The van der Waals surface area contributed by atoms with Gasteiger partial charge >= 0.3 is 11.9 Å². The largest absolute Gasteiger partial charge is 0.478 e. The number of carbonyl (C=O) groups is 2. The van der Waals surface area contributed by atoms with Gasteiger partial charge in [-0.05, 0) is 148 Å². The number of aromatic carboxylic acids is 1. The number of hydrogen-bond acceptors (Lipinski definition) is 3. The first-order valence-electron chi connectivity index (χ1n) is 19.6. The number of rotatable bonds is 7. The van der Waals surface area contributed by atoms with Gasteiger partial charge in [0, 0.05) is 17.7 Å². The molecule has 7 rings (SSSR count). The van der Waals surface area contributed by atoms with Crippen molar-refractivity contribution in [2.75, 3.05) is 0 Å². The van der Waals surface area contributed by atoms with Crippen LogP contribution in [0.2, 0.25) is 0 Å². The molecule has 0 bridgehead atoms. The molecule has 4 aliphatic rings. The van der Waals surface area contributed by atoms with Gasteiger partial charge in [-0.1, -0.05) is 105 Å². The molecule has 53 heavy (non-hydrogen) atoms. The molecule has 2 saturated carbocycles. The molecule has 5 heteroatoms. The zero-order valence-electron chi connectivity index (χ0n) is 34.0. The minimum atomic E-state index is -0.923. The molecule has 1 aromatic heterocycles. The number of aliphatic carboxylic acids is 1. The van der Waals surface area contributed by atoms with E-state index in [1.54, 1.807) is 6.07 Å². The summed E-state index contributed by atoms with van der Waals surface area (Å²) in [5.74, 6) is -1.32. The van der Waals surface area contributed by atoms with Gasteiger partial charge < -0.3 is 10.2 Å². The topological polar surface area (TPSA) is 87.5 Å². The normalized spacial score (nSPS) is 25.3. The Morgan fingerprint density at radius 1 is 0.698 bits per heavy atom. The third kappa shape index (κ3) is 7.30. The van der Waals surface area contributed by atoms with E-state index in [9.17, 15) is 9.59 Å². The standard InChI is InChI=1S/C24H29NO2.C24H32O2/c1-15-12-18-19(23(4,5)9-8-22(18,2)3)13-17(15)24(10-11-24)20-7-6-16(14-25-20)21(26)27;1-16(13-21(25)26)7-8-18-15-24(18,6)17-9-10-19-20(14-17)23(4,5)12-11-22(19,2)3/h6-7,12-14H,8-11H2,1-5H3,(H,26,27);7-10,13-14,18H,11-12,15H2,1-6H3,(H,25,26)/b;8-7+,16-13+. The third-order valence-electron chi connectivity index (χ3n) is 13.7. The van der Waals surface area contributed by atoms with Crippen LogP contribution in [0, 0.1) is 12.8 Å². The van der Waals surface area contributed by atoms with Crippen molar-refractivity contribution in [2.24, 2.45) is 5.92 Å². The van der Waals surface area contributed by atoms with Gasteiger partial charge in [-0.15, -0.1) is 0 Å². The van der Waals surface area contributed by atoms with Crippen molar-refractivity contribution >= 4 is 11.9 Å². The molecular formula is C48H61NO4. The predicted molar refractivity (Wildman–Crippen MR) is 215 cm³/mol. The molecule has 282 valence electrons. The number of pyridine rings is 1. The maximum atomic E-state index is 11.2. The van der Waals surface area contributed by atoms with E-state index in [0.717, 1.165) is 30.5 Å². The number of benzene rings is 2. The lowest BCUT2D eigenvalue weighted by Gasteiger charge is -2.43. The number of nitrogens with zero attached hydrogens (tertiary/aromatic N) is 1. The summed E-state index contributed by atoms with van der Waals surface area (Å²) in [5.41, 5.74) is 13.2. The number of fused-ring (bicyclic) bond motifs is 2. The van der Waals surface area contributed by atoms with E-state index in [4.69, 9.17) is 10.2 Å². The first-order valence-corrected chi connectivity index (χ1v) is 19.6. The minimum Gasteiger partial charge on any atom is -0.478 e. The fraction of sp³-hybridized carbons (Fsp3) is 0.521. The van der Waals surface area contributed by atoms with Crippen molar-refractivity contribution in [1.82, 2.24) is 4.98 Å². The van der Waals surface area contributed by atoms with Crippen LogP contribution < -0.4 is 0 Å². The van der Waals surface area contributed by atoms with E-state index in [2.05, 4.69) is 111 Å². The average molecular weight is 716 g/mol. The Kier molecular flexibility index (Phi) is 9.57. The number of aromatic nitrogens is 1. The van der Waals surface area contributed by atoms with Crippen molar-refractivity contribution in [3.63, 3.8) is 0 Å². The highest BCUT2D eigenvalue weighted by atomic mass is 16.4. The SMILES string of the molecule is CC(/C=C/C1CC1(C)c1ccc2c(c1)C(C)(C)CCC2(C)C)=C\C(=O)O.Cc1cc2c(cc1C1(c3ccc(C(=O)O)cn3)CC1)C(C)(C)CCC2(C)C. The van der Waals surface area contributed by atoms with Crippen molar-refractivity contribution in [3.8, 4) is 0 Å². The van der Waals surface area contributed by atoms with E-state index in [1.807, 2.05) is 19.1 Å². The van der Waals surface area contributed by atoms with Crippen molar-refractivity contribution < 1.29 is 19.8 Å². The quantitative estimate of drug-likeness (QED) is 0.188. The molecule has 2 fully saturated rings. The second kappa shape index (κ2) is 13.1. The number of carboxylic acid groups (broad SMARTS) is 2. The Labute approximate surface area is 318 Å². The van der Waals surface area contributed by atoms with E-state index >= 15 is 0 Å². The highest BCUT2D eigenvalue weighted by molar-refractivity contribution is 5.87. The van der Waals surface area contributed by atoms with Crippen LogP contribution in [0.4, 0.5) is 0 Å². The number of allylic oxidation sites excluding steroid dienone is 3. The maximum absolute atomic E-state index is 11.2. The Bertz CT molecular complexity index is 2000. The molecular weight excluding hydrogens is 655 g/mol. The number of carboxylic acids is 2. The summed E-state index contributed by atoms with van der Waals surface area (Å²) in [6.45, 7) is 25.3. The summed E-state index contributed by atoms with van der Waals surface area (Å²) in [4.78, 5) is 26.5. The molecule has 0 amide bonds. The second-order valence-corrected chi connectivity index (χ2v) is 19.6. The summed E-state index contributed by atoms with van der Waals surface area (Å²) in [5, 5.41) is 18.0. The first kappa shape index (κ1) is 38.7. The monoisotopic (exact) mass is 715 g/mol. The molecule has 3 aromatic rings. The first-order chi connectivity index (χ1) is 24.5. The molecule has 2 N–H and O–H groups in total. The fourth-order valence-corrected chi connectivity index (χ4v) is 9.29. The molecule has 0 aliphatic heterocycles. The summed E-state index contributed by atoms with van der Waals surface area (Å²) in [6.07, 6.45) is 15.1. The lowest BCUT2D eigenvalue weighted by atomic mass is 9.62. The lowest BCUT2D eigenvalue weighted by Crippen LogP contribution is -2.34. The molecule has 0 saturated heterocycles. The molecule has 1 heterocycles. The number of aryl methyl sites for hydroxylation is 1. The van der Waals surface area contributed by atoms with Crippen LogP contribution in [0.15, 0.2) is 72.5 Å². The van der Waals surface area contributed by atoms with Crippen molar-refractivity contribution in [1.29, 1.82) is 0 Å². The van der Waals surface area contributed by atoms with Crippen LogP contribution >= 0.6 is 0 Å². The number of hydrogen-bond donors (Lipinski definition) is 2. The third-order valence-corrected chi connectivity index (χ3v) is 13.7. The highest BCUT2D eigenvalue weighted by Crippen LogP contribution is 2.58. The molecule has 2 unspecified atom stereocenters. The summed E-state index contributed by atoms with van der Waals surface area (Å²) in [7, 11) is 0. The molecule has 0 radical (unpaired) electrons. The van der Waals surface area contributed by atoms with Gasteiger partial charge in [0.05, 0.1) is 11.3 Å². The van der Waals surface area contributed by atoms with Crippen LogP contribution in [-0.4, -0.2) is 27.1 Å². The van der Waals surface area contributed by atoms with Gasteiger partial charge in [-0.25, -0.2) is 9.59 Å². The van der Waals surface area contributed by atoms with E-state index in [0.29, 0.717) is 5.92 Å². The second-order valence-electron chi connectivity index (χ2n) is 19.6. The predicted octanol–water partition coefficient (Wildman–Crippen LogP) is 11.4. The zero-order valence-corrected chi connectivity index (χ0v) is 34.0. The minimum absolute atomic E-state index is 0.0478. The van der Waals surface area contributed by atoms with Crippen molar-refractivity contribution in [2.45, 2.75) is 154 Å². The smallest absolute Gasteiger partial charge is 0.337 e. The van der Waals surface area contributed by atoms with E-state index < -0.39 is 11.9 Å².